The van der Waals surface area contributed by atoms with Crippen molar-refractivity contribution in [2.75, 3.05) is 0 Å². The standard InChI is InChI=1S/C7H13N3O3/c11-7-8-10(13)6-4-2-1-3-5(6)9(7)12/h5-8,11H,1-4H2/q-2. The zero-order chi connectivity index (χ0) is 9.42. The molecule has 2 rings (SSSR count). The Morgan fingerprint density at radius 3 is 2.46 bits per heavy atom. The Morgan fingerprint density at radius 1 is 1.15 bits per heavy atom. The molecule has 6 nitrogen and oxygen atoms in total. The van der Waals surface area contributed by atoms with Gasteiger partial charge in [0.2, 0.25) is 0 Å². The second-order valence-electron chi connectivity index (χ2n) is 3.61. The van der Waals surface area contributed by atoms with Crippen LogP contribution in [0.25, 0.3) is 0 Å². The molecule has 0 aromatic heterocycles. The predicted molar refractivity (Wildman–Crippen MR) is 45.6 cm³/mol. The van der Waals surface area contributed by atoms with Crippen molar-refractivity contribution >= 4 is 0 Å². The largest absolute Gasteiger partial charge is 0.782 e. The van der Waals surface area contributed by atoms with Crippen LogP contribution in [0.1, 0.15) is 25.7 Å². The second kappa shape index (κ2) is 3.49. The average Bonchev–Trinajstić information content (AvgIpc) is 2.15. The molecular formula is C7H13N3O3-2. The van der Waals surface area contributed by atoms with Gasteiger partial charge in [0.1, 0.15) is 0 Å². The molecule has 3 unspecified atom stereocenters. The van der Waals surface area contributed by atoms with Gasteiger partial charge in [-0.3, -0.25) is 0 Å². The number of rotatable bonds is 0. The summed E-state index contributed by atoms with van der Waals surface area (Å²) in [6.07, 6.45) is 1.99. The van der Waals surface area contributed by atoms with E-state index in [1.807, 2.05) is 0 Å². The number of hydroxylamine groups is 3. The van der Waals surface area contributed by atoms with Gasteiger partial charge in [0.05, 0.1) is 0 Å². The first-order valence-corrected chi connectivity index (χ1v) is 4.56. The van der Waals surface area contributed by atoms with Crippen molar-refractivity contribution in [2.45, 2.75) is 44.1 Å². The molecule has 2 N–H and O–H groups in total. The van der Waals surface area contributed by atoms with Crippen LogP contribution in [0, 0.1) is 10.4 Å². The molecule has 0 radical (unpaired) electrons. The van der Waals surface area contributed by atoms with Crippen LogP contribution in [0.5, 0.6) is 0 Å². The highest BCUT2D eigenvalue weighted by Gasteiger charge is 2.33. The molecule has 1 aliphatic heterocycles. The van der Waals surface area contributed by atoms with Gasteiger partial charge in [-0.15, -0.1) is 0 Å². The zero-order valence-corrected chi connectivity index (χ0v) is 7.22. The minimum absolute atomic E-state index is 0.297. The quantitative estimate of drug-likeness (QED) is 0.541. The van der Waals surface area contributed by atoms with Crippen molar-refractivity contribution in [1.82, 2.24) is 15.7 Å². The summed E-state index contributed by atoms with van der Waals surface area (Å²) >= 11 is 0. The van der Waals surface area contributed by atoms with Crippen LogP contribution in [-0.2, 0) is 0 Å². The lowest BCUT2D eigenvalue weighted by atomic mass is 9.90. The Labute approximate surface area is 76.2 Å². The third-order valence-electron chi connectivity index (χ3n) is 2.81. The van der Waals surface area contributed by atoms with E-state index in [4.69, 9.17) is 5.11 Å². The molecule has 2 aliphatic rings. The van der Waals surface area contributed by atoms with Gasteiger partial charge in [0.15, 0.2) is 6.35 Å². The Bertz CT molecular complexity index is 192. The van der Waals surface area contributed by atoms with Crippen LogP contribution >= 0.6 is 0 Å². The smallest absolute Gasteiger partial charge is 0.163 e. The summed E-state index contributed by atoms with van der Waals surface area (Å²) in [4.78, 5) is 0. The molecule has 0 aromatic carbocycles. The summed E-state index contributed by atoms with van der Waals surface area (Å²) in [6.45, 7) is 0. The molecule has 1 saturated heterocycles. The van der Waals surface area contributed by atoms with E-state index in [0.717, 1.165) is 19.3 Å². The zero-order valence-electron chi connectivity index (χ0n) is 7.22. The van der Waals surface area contributed by atoms with Crippen LogP contribution in [0.4, 0.5) is 0 Å². The van der Waals surface area contributed by atoms with Crippen LogP contribution in [0.3, 0.4) is 0 Å². The Hall–Kier alpha value is -0.240. The van der Waals surface area contributed by atoms with Crippen molar-refractivity contribution in [1.29, 1.82) is 0 Å². The summed E-state index contributed by atoms with van der Waals surface area (Å²) in [5.41, 5.74) is 2.17. The first-order valence-electron chi connectivity index (χ1n) is 4.56. The van der Waals surface area contributed by atoms with E-state index in [1.165, 1.54) is 0 Å². The molecule has 0 amide bonds. The van der Waals surface area contributed by atoms with Crippen molar-refractivity contribution in [3.05, 3.63) is 10.4 Å². The molecule has 1 aliphatic carbocycles. The van der Waals surface area contributed by atoms with E-state index in [2.05, 4.69) is 5.43 Å². The topological polar surface area (TPSA) is 84.9 Å². The number of hydrogen-bond acceptors (Lipinski definition) is 6. The minimum Gasteiger partial charge on any atom is -0.782 e. The lowest BCUT2D eigenvalue weighted by molar-refractivity contribution is -0.134. The van der Waals surface area contributed by atoms with Crippen molar-refractivity contribution in [2.24, 2.45) is 0 Å². The monoisotopic (exact) mass is 187 g/mol. The highest BCUT2D eigenvalue weighted by atomic mass is 16.6. The molecule has 13 heavy (non-hydrogen) atoms. The number of hydrazine groups is 1. The number of fused-ring (bicyclic) bond motifs is 1. The summed E-state index contributed by atoms with van der Waals surface area (Å²) in [6, 6.07) is -0.642. The van der Waals surface area contributed by atoms with Gasteiger partial charge >= 0.3 is 0 Å². The molecule has 1 heterocycles. The number of nitrogens with zero attached hydrogens (tertiary/aromatic N) is 2. The van der Waals surface area contributed by atoms with Gasteiger partial charge < -0.3 is 25.8 Å². The lowest BCUT2D eigenvalue weighted by Gasteiger charge is -2.58. The fourth-order valence-electron chi connectivity index (χ4n) is 2.11. The SMILES string of the molecule is [O-]N1NC(O)N([O-])C2CCCCC21. The van der Waals surface area contributed by atoms with E-state index in [1.54, 1.807) is 0 Å². The third-order valence-corrected chi connectivity index (χ3v) is 2.81. The number of hydrogen-bond donors (Lipinski definition) is 2. The van der Waals surface area contributed by atoms with Gasteiger partial charge in [-0.05, 0) is 12.8 Å². The van der Waals surface area contributed by atoms with Gasteiger partial charge in [0, 0.05) is 12.1 Å². The van der Waals surface area contributed by atoms with Gasteiger partial charge in [-0.1, -0.05) is 12.8 Å². The maximum atomic E-state index is 11.3. The highest BCUT2D eigenvalue weighted by Crippen LogP contribution is 2.28. The molecule has 2 fully saturated rings. The molecule has 6 heteroatoms. The summed E-state index contributed by atoms with van der Waals surface area (Å²) in [7, 11) is 0. The third kappa shape index (κ3) is 1.56. The first-order chi connectivity index (χ1) is 6.20. The molecule has 3 atom stereocenters. The Kier molecular flexibility index (Phi) is 2.50. The highest BCUT2D eigenvalue weighted by molar-refractivity contribution is 4.93. The van der Waals surface area contributed by atoms with Crippen molar-refractivity contribution < 1.29 is 5.11 Å². The normalized spacial score (nSPS) is 43.2. The van der Waals surface area contributed by atoms with E-state index >= 15 is 0 Å². The summed E-state index contributed by atoms with van der Waals surface area (Å²) in [5.74, 6) is 0. The fraction of sp³-hybridized carbons (Fsp3) is 1.00. The summed E-state index contributed by atoms with van der Waals surface area (Å²) in [5, 5.41) is 33.0. The first kappa shape index (κ1) is 9.32. The fourth-order valence-corrected chi connectivity index (χ4v) is 2.11. The van der Waals surface area contributed by atoms with Crippen molar-refractivity contribution in [3.63, 3.8) is 0 Å². The lowest BCUT2D eigenvalue weighted by Crippen LogP contribution is -2.67. The van der Waals surface area contributed by atoms with Crippen LogP contribution in [0.15, 0.2) is 0 Å². The van der Waals surface area contributed by atoms with Gasteiger partial charge in [0.25, 0.3) is 0 Å². The minimum atomic E-state index is -1.38. The summed E-state index contributed by atoms with van der Waals surface area (Å²) < 4.78 is 0. The Balaban J connectivity index is 2.10. The van der Waals surface area contributed by atoms with E-state index in [-0.39, 0.29) is 12.1 Å². The second-order valence-corrected chi connectivity index (χ2v) is 3.61. The molecule has 0 spiro atoms. The van der Waals surface area contributed by atoms with Gasteiger partial charge in [-0.2, -0.15) is 0 Å². The molecule has 0 aromatic rings. The molecule has 76 valence electrons. The van der Waals surface area contributed by atoms with Gasteiger partial charge in [-0.25, -0.2) is 5.43 Å². The van der Waals surface area contributed by atoms with E-state index < -0.39 is 6.35 Å². The number of nitrogens with one attached hydrogen (secondary N) is 1. The molecule has 0 bridgehead atoms. The molecular weight excluding hydrogens is 174 g/mol. The number of aliphatic hydroxyl groups is 1. The van der Waals surface area contributed by atoms with Crippen LogP contribution < -0.4 is 5.43 Å². The Morgan fingerprint density at radius 2 is 1.77 bits per heavy atom. The molecule has 1 saturated carbocycles. The van der Waals surface area contributed by atoms with Crippen molar-refractivity contribution in [3.8, 4) is 0 Å². The van der Waals surface area contributed by atoms with Crippen LogP contribution in [-0.4, -0.2) is 33.8 Å². The average molecular weight is 187 g/mol. The van der Waals surface area contributed by atoms with Crippen LogP contribution in [0.2, 0.25) is 0 Å². The maximum absolute atomic E-state index is 11.3. The van der Waals surface area contributed by atoms with E-state index in [0.29, 0.717) is 16.7 Å². The number of aliphatic hydroxyl groups excluding tert-OH is 1. The maximum Gasteiger partial charge on any atom is 0.163 e. The van der Waals surface area contributed by atoms with E-state index in [9.17, 15) is 10.4 Å². The predicted octanol–water partition coefficient (Wildman–Crippen LogP) is -0.309.